The number of rotatable bonds is 1. The summed E-state index contributed by atoms with van der Waals surface area (Å²) in [7, 11) is 0. The predicted octanol–water partition coefficient (Wildman–Crippen LogP) is 2.53. The van der Waals surface area contributed by atoms with Gasteiger partial charge in [-0.15, -0.1) is 0 Å². The van der Waals surface area contributed by atoms with Crippen molar-refractivity contribution in [2.45, 2.75) is 0 Å². The van der Waals surface area contributed by atoms with E-state index < -0.39 is 17.5 Å². The molecule has 0 heterocycles. The lowest BCUT2D eigenvalue weighted by molar-refractivity contribution is 0.446. The summed E-state index contributed by atoms with van der Waals surface area (Å²) in [6, 6.07) is 4.62. The Morgan fingerprint density at radius 1 is 1.07 bits per heavy atom. The molecule has 0 aliphatic rings. The fraction of sp³-hybridized carbons (Fsp3) is 0. The van der Waals surface area contributed by atoms with Crippen molar-refractivity contribution in [3.63, 3.8) is 0 Å². The van der Waals surface area contributed by atoms with Gasteiger partial charge in [0.1, 0.15) is 17.7 Å². The van der Waals surface area contributed by atoms with Crippen LogP contribution in [0.3, 0.4) is 0 Å². The predicted molar refractivity (Wildman–Crippen MR) is 45.5 cm³/mol. The van der Waals surface area contributed by atoms with Crippen LogP contribution >= 0.6 is 0 Å². The van der Waals surface area contributed by atoms with Gasteiger partial charge in [0, 0.05) is 5.56 Å². The highest BCUT2D eigenvalue weighted by Gasteiger charge is 2.12. The lowest BCUT2D eigenvalue weighted by Gasteiger charge is -1.98. The third kappa shape index (κ3) is 2.15. The van der Waals surface area contributed by atoms with Gasteiger partial charge in [-0.1, -0.05) is 0 Å². The van der Waals surface area contributed by atoms with Gasteiger partial charge in [-0.05, 0) is 18.2 Å². The molecule has 0 amide bonds. The van der Waals surface area contributed by atoms with Crippen molar-refractivity contribution in [3.8, 4) is 12.1 Å². The molecule has 0 aliphatic heterocycles. The Morgan fingerprint density at radius 2 is 1.67 bits per heavy atom. The smallest absolute Gasteiger partial charge is 0.195 e. The molecule has 0 saturated carbocycles. The van der Waals surface area contributed by atoms with E-state index in [4.69, 9.17) is 10.5 Å². The van der Waals surface area contributed by atoms with E-state index in [0.29, 0.717) is 0 Å². The third-order valence-electron chi connectivity index (χ3n) is 1.61. The Hall–Kier alpha value is -2.27. The molecule has 0 unspecified atom stereocenters. The quantitative estimate of drug-likeness (QED) is 0.525. The first-order valence-electron chi connectivity index (χ1n) is 3.75. The molecule has 0 N–H and O–H groups in total. The molecule has 0 saturated heterocycles. The van der Waals surface area contributed by atoms with E-state index in [-0.39, 0.29) is 11.1 Å². The number of hydrogen-bond acceptors (Lipinski definition) is 2. The second-order valence-corrected chi connectivity index (χ2v) is 2.55. The molecule has 15 heavy (non-hydrogen) atoms. The van der Waals surface area contributed by atoms with Gasteiger partial charge in [-0.2, -0.15) is 10.5 Å². The van der Waals surface area contributed by atoms with Crippen molar-refractivity contribution in [1.82, 2.24) is 0 Å². The molecule has 2 nitrogen and oxygen atoms in total. The van der Waals surface area contributed by atoms with Crippen LogP contribution in [0.1, 0.15) is 5.56 Å². The second kappa shape index (κ2) is 4.30. The fourth-order valence-corrected chi connectivity index (χ4v) is 0.897. The van der Waals surface area contributed by atoms with E-state index in [1.54, 1.807) is 0 Å². The molecule has 5 heteroatoms. The molecule has 0 radical (unpaired) electrons. The number of benzene rings is 1. The van der Waals surface area contributed by atoms with Gasteiger partial charge < -0.3 is 0 Å². The van der Waals surface area contributed by atoms with Gasteiger partial charge in [-0.25, -0.2) is 13.2 Å². The molecular weight excluding hydrogens is 205 g/mol. The highest BCUT2D eigenvalue weighted by Crippen LogP contribution is 2.17. The summed E-state index contributed by atoms with van der Waals surface area (Å²) in [6.45, 7) is 0. The molecule has 0 aliphatic carbocycles. The first-order chi connectivity index (χ1) is 7.10. The zero-order valence-electron chi connectivity index (χ0n) is 7.26. The molecule has 1 aromatic rings. The third-order valence-corrected chi connectivity index (χ3v) is 1.61. The van der Waals surface area contributed by atoms with Crippen LogP contribution in [-0.4, -0.2) is 0 Å². The summed E-state index contributed by atoms with van der Waals surface area (Å²) in [5.74, 6) is -4.36. The molecule has 1 rings (SSSR count). The fourth-order valence-electron chi connectivity index (χ4n) is 0.897. The van der Waals surface area contributed by atoms with Gasteiger partial charge in [0.25, 0.3) is 0 Å². The monoisotopic (exact) mass is 208 g/mol. The number of allylic oxidation sites excluding steroid dienone is 1. The summed E-state index contributed by atoms with van der Waals surface area (Å²) < 4.78 is 38.2. The average molecular weight is 208 g/mol. The van der Waals surface area contributed by atoms with Crippen molar-refractivity contribution >= 4 is 6.08 Å². The van der Waals surface area contributed by atoms with E-state index in [1.807, 2.05) is 0 Å². The van der Waals surface area contributed by atoms with Gasteiger partial charge in [0.05, 0.1) is 0 Å². The van der Waals surface area contributed by atoms with Crippen LogP contribution in [0.2, 0.25) is 0 Å². The minimum atomic E-state index is -1.63. The van der Waals surface area contributed by atoms with Gasteiger partial charge >= 0.3 is 0 Å². The minimum absolute atomic E-state index is 0.341. The van der Waals surface area contributed by atoms with Crippen LogP contribution < -0.4 is 0 Å². The Kier molecular flexibility index (Phi) is 3.10. The Labute approximate surface area is 83.5 Å². The molecule has 0 bridgehead atoms. The van der Waals surface area contributed by atoms with Crippen molar-refractivity contribution in [1.29, 1.82) is 10.5 Å². The zero-order valence-corrected chi connectivity index (χ0v) is 7.26. The van der Waals surface area contributed by atoms with Crippen molar-refractivity contribution in [2.24, 2.45) is 0 Å². The first kappa shape index (κ1) is 10.8. The van der Waals surface area contributed by atoms with Crippen LogP contribution in [0.5, 0.6) is 0 Å². The Bertz CT molecular complexity index is 491. The summed E-state index contributed by atoms with van der Waals surface area (Å²) in [5, 5.41) is 16.7. The molecule has 0 aromatic heterocycles. The molecule has 74 valence electrons. The topological polar surface area (TPSA) is 47.6 Å². The van der Waals surface area contributed by atoms with Crippen LogP contribution in [0.15, 0.2) is 17.7 Å². The van der Waals surface area contributed by atoms with Crippen molar-refractivity contribution in [2.75, 3.05) is 0 Å². The number of nitrogens with zero attached hydrogens (tertiary/aromatic N) is 2. The number of halogens is 3. The maximum atomic E-state index is 13.0. The summed E-state index contributed by atoms with van der Waals surface area (Å²) in [6.07, 6.45) is 0.845. The lowest BCUT2D eigenvalue weighted by atomic mass is 10.1. The van der Waals surface area contributed by atoms with Gasteiger partial charge in [-0.3, -0.25) is 0 Å². The standard InChI is InChI=1S/C10H3F3N2/c11-8-2-1-7(9(12)10(8)13)3-6(4-14)5-15/h1-3H. The van der Waals surface area contributed by atoms with E-state index in [2.05, 4.69) is 0 Å². The zero-order chi connectivity index (χ0) is 11.4. The summed E-state index contributed by atoms with van der Waals surface area (Å²) in [5.41, 5.74) is -0.730. The molecule has 0 fully saturated rings. The molecular formula is C10H3F3N2. The first-order valence-corrected chi connectivity index (χ1v) is 3.75. The van der Waals surface area contributed by atoms with Crippen LogP contribution in [0.25, 0.3) is 6.08 Å². The van der Waals surface area contributed by atoms with Gasteiger partial charge in [0.2, 0.25) is 0 Å². The second-order valence-electron chi connectivity index (χ2n) is 2.55. The van der Waals surface area contributed by atoms with Crippen LogP contribution in [0, 0.1) is 40.1 Å². The molecule has 1 aromatic carbocycles. The number of hydrogen-bond donors (Lipinski definition) is 0. The van der Waals surface area contributed by atoms with Crippen LogP contribution in [-0.2, 0) is 0 Å². The maximum absolute atomic E-state index is 13.0. The lowest BCUT2D eigenvalue weighted by Crippen LogP contribution is -1.93. The van der Waals surface area contributed by atoms with E-state index in [9.17, 15) is 13.2 Å². The Balaban J connectivity index is 3.32. The highest BCUT2D eigenvalue weighted by molar-refractivity contribution is 5.62. The van der Waals surface area contributed by atoms with Crippen molar-refractivity contribution < 1.29 is 13.2 Å². The van der Waals surface area contributed by atoms with E-state index in [0.717, 1.165) is 18.2 Å². The number of nitriles is 2. The normalized spacial score (nSPS) is 8.87. The Morgan fingerprint density at radius 3 is 2.20 bits per heavy atom. The highest BCUT2D eigenvalue weighted by atomic mass is 19.2. The summed E-state index contributed by atoms with van der Waals surface area (Å²) >= 11 is 0. The summed E-state index contributed by atoms with van der Waals surface area (Å²) in [4.78, 5) is 0. The maximum Gasteiger partial charge on any atom is 0.195 e. The van der Waals surface area contributed by atoms with E-state index in [1.165, 1.54) is 12.1 Å². The average Bonchev–Trinajstić information content (AvgIpc) is 2.25. The van der Waals surface area contributed by atoms with Crippen molar-refractivity contribution in [3.05, 3.63) is 40.7 Å². The van der Waals surface area contributed by atoms with Crippen LogP contribution in [0.4, 0.5) is 13.2 Å². The SMILES string of the molecule is N#CC(C#N)=Cc1ccc(F)c(F)c1F. The van der Waals surface area contributed by atoms with E-state index >= 15 is 0 Å². The molecule has 0 spiro atoms. The molecule has 0 atom stereocenters. The minimum Gasteiger partial charge on any atom is -0.204 e. The van der Waals surface area contributed by atoms with Gasteiger partial charge in [0.15, 0.2) is 17.5 Å². The largest absolute Gasteiger partial charge is 0.204 e.